The summed E-state index contributed by atoms with van der Waals surface area (Å²) >= 11 is 0. The molecule has 26 heavy (non-hydrogen) atoms. The normalized spacial score (nSPS) is 17.4. The van der Waals surface area contributed by atoms with Crippen molar-refractivity contribution in [1.82, 2.24) is 10.1 Å². The number of hydrogen-bond acceptors (Lipinski definition) is 6. The third-order valence-electron chi connectivity index (χ3n) is 4.41. The van der Waals surface area contributed by atoms with Gasteiger partial charge in [0.2, 0.25) is 0 Å². The van der Waals surface area contributed by atoms with Crippen LogP contribution in [0.2, 0.25) is 0 Å². The second-order valence-corrected chi connectivity index (χ2v) is 6.46. The number of amides is 1. The lowest BCUT2D eigenvalue weighted by atomic mass is 10.1. The molecule has 0 radical (unpaired) electrons. The zero-order valence-electron chi connectivity index (χ0n) is 15.2. The summed E-state index contributed by atoms with van der Waals surface area (Å²) in [7, 11) is 0. The number of rotatable bonds is 8. The van der Waals surface area contributed by atoms with Crippen LogP contribution in [-0.2, 0) is 11.3 Å². The van der Waals surface area contributed by atoms with Gasteiger partial charge in [-0.3, -0.25) is 9.69 Å². The first kappa shape index (κ1) is 18.3. The molecule has 7 nitrogen and oxygen atoms in total. The Balaban J connectivity index is 1.74. The first-order chi connectivity index (χ1) is 12.6. The van der Waals surface area contributed by atoms with Crippen LogP contribution in [0.4, 0.5) is 0 Å². The van der Waals surface area contributed by atoms with Crippen molar-refractivity contribution in [1.29, 1.82) is 0 Å². The highest BCUT2D eigenvalue weighted by Gasteiger charge is 2.28. The van der Waals surface area contributed by atoms with E-state index in [1.54, 1.807) is 0 Å². The van der Waals surface area contributed by atoms with Crippen LogP contribution in [0, 0.1) is 6.92 Å². The van der Waals surface area contributed by atoms with Crippen LogP contribution < -0.4 is 15.2 Å². The molecule has 1 saturated heterocycles. The van der Waals surface area contributed by atoms with E-state index in [1.807, 2.05) is 38.1 Å². The molecule has 7 heteroatoms. The third-order valence-corrected chi connectivity index (χ3v) is 4.41. The number of carbonyl (C=O) groups excluding carboxylic acids is 1. The van der Waals surface area contributed by atoms with Gasteiger partial charge in [-0.25, -0.2) is 0 Å². The molecule has 1 aliphatic heterocycles. The highest BCUT2D eigenvalue weighted by molar-refractivity contribution is 5.75. The number of nitrogens with zero attached hydrogens (tertiary/aromatic N) is 2. The summed E-state index contributed by atoms with van der Waals surface area (Å²) in [6.45, 7) is 5.97. The van der Waals surface area contributed by atoms with Crippen LogP contribution in [0.5, 0.6) is 11.5 Å². The average molecular weight is 359 g/mol. The van der Waals surface area contributed by atoms with Gasteiger partial charge >= 0.3 is 0 Å². The smallest absolute Gasteiger partial charge is 0.255 e. The summed E-state index contributed by atoms with van der Waals surface area (Å²) in [6, 6.07) is 8.06. The van der Waals surface area contributed by atoms with E-state index in [1.165, 1.54) is 0 Å². The lowest BCUT2D eigenvalue weighted by molar-refractivity contribution is -0.119. The molecule has 140 valence electrons. The lowest BCUT2D eigenvalue weighted by Crippen LogP contribution is -2.23. The second-order valence-electron chi connectivity index (χ2n) is 6.46. The topological polar surface area (TPSA) is 90.8 Å². The SMILES string of the molecule is CCOc1cc(CN2CCC[C@H]2c2cc(C)on2)ccc1OCC(N)=O. The molecule has 0 saturated carbocycles. The van der Waals surface area contributed by atoms with Crippen molar-refractivity contribution in [3.63, 3.8) is 0 Å². The first-order valence-electron chi connectivity index (χ1n) is 8.91. The number of benzene rings is 1. The highest BCUT2D eigenvalue weighted by Crippen LogP contribution is 2.34. The van der Waals surface area contributed by atoms with Crippen LogP contribution in [0.15, 0.2) is 28.8 Å². The van der Waals surface area contributed by atoms with Gasteiger partial charge in [-0.15, -0.1) is 0 Å². The van der Waals surface area contributed by atoms with Gasteiger partial charge in [0.05, 0.1) is 12.6 Å². The van der Waals surface area contributed by atoms with Crippen molar-refractivity contribution in [3.05, 3.63) is 41.3 Å². The summed E-state index contributed by atoms with van der Waals surface area (Å²) in [5, 5.41) is 4.19. The van der Waals surface area contributed by atoms with E-state index in [0.29, 0.717) is 18.1 Å². The number of ether oxygens (including phenoxy) is 2. The number of aromatic nitrogens is 1. The minimum atomic E-state index is -0.515. The van der Waals surface area contributed by atoms with Crippen LogP contribution >= 0.6 is 0 Å². The van der Waals surface area contributed by atoms with Gasteiger partial charge in [0.1, 0.15) is 11.5 Å². The Kier molecular flexibility index (Phi) is 5.78. The molecule has 0 aliphatic carbocycles. The predicted molar refractivity (Wildman–Crippen MR) is 95.9 cm³/mol. The largest absolute Gasteiger partial charge is 0.490 e. The Bertz CT molecular complexity index is 759. The minimum Gasteiger partial charge on any atom is -0.490 e. The highest BCUT2D eigenvalue weighted by atomic mass is 16.5. The van der Waals surface area contributed by atoms with Crippen LogP contribution in [0.25, 0.3) is 0 Å². The molecule has 1 amide bonds. The predicted octanol–water partition coefficient (Wildman–Crippen LogP) is 2.58. The summed E-state index contributed by atoms with van der Waals surface area (Å²) in [5.74, 6) is 1.47. The van der Waals surface area contributed by atoms with Gasteiger partial charge in [-0.05, 0) is 50.9 Å². The number of carbonyl (C=O) groups is 1. The maximum Gasteiger partial charge on any atom is 0.255 e. The molecular formula is C19H25N3O4. The maximum atomic E-state index is 10.9. The van der Waals surface area contributed by atoms with Crippen molar-refractivity contribution in [2.24, 2.45) is 5.73 Å². The van der Waals surface area contributed by atoms with Gasteiger partial charge in [-0.2, -0.15) is 0 Å². The molecule has 1 aliphatic rings. The Hall–Kier alpha value is -2.54. The van der Waals surface area contributed by atoms with E-state index in [2.05, 4.69) is 10.1 Å². The molecule has 1 aromatic heterocycles. The van der Waals surface area contributed by atoms with Crippen molar-refractivity contribution in [2.45, 2.75) is 39.3 Å². The lowest BCUT2D eigenvalue weighted by Gasteiger charge is -2.23. The summed E-state index contributed by atoms with van der Waals surface area (Å²) in [6.07, 6.45) is 2.21. The first-order valence-corrected chi connectivity index (χ1v) is 8.91. The Morgan fingerprint density at radius 3 is 2.88 bits per heavy atom. The number of nitrogens with two attached hydrogens (primary N) is 1. The summed E-state index contributed by atoms with van der Waals surface area (Å²) in [4.78, 5) is 13.3. The van der Waals surface area contributed by atoms with Crippen LogP contribution in [0.1, 0.15) is 42.8 Å². The van der Waals surface area contributed by atoms with E-state index in [-0.39, 0.29) is 12.6 Å². The fourth-order valence-electron chi connectivity index (χ4n) is 3.31. The fraction of sp³-hybridized carbons (Fsp3) is 0.474. The third kappa shape index (κ3) is 4.35. The van der Waals surface area contributed by atoms with Gasteiger partial charge in [0, 0.05) is 12.6 Å². The molecule has 0 bridgehead atoms. The fourth-order valence-corrected chi connectivity index (χ4v) is 3.31. The quantitative estimate of drug-likeness (QED) is 0.779. The summed E-state index contributed by atoms with van der Waals surface area (Å²) in [5.41, 5.74) is 7.26. The molecule has 0 unspecified atom stereocenters. The van der Waals surface area contributed by atoms with E-state index in [0.717, 1.165) is 42.9 Å². The number of primary amides is 1. The minimum absolute atomic E-state index is 0.168. The molecule has 3 rings (SSSR count). The van der Waals surface area contributed by atoms with Gasteiger partial charge < -0.3 is 19.7 Å². The van der Waals surface area contributed by atoms with Crippen LogP contribution in [0.3, 0.4) is 0 Å². The molecule has 1 aromatic carbocycles. The van der Waals surface area contributed by atoms with Crippen molar-refractivity contribution < 1.29 is 18.8 Å². The van der Waals surface area contributed by atoms with Gasteiger partial charge in [0.25, 0.3) is 5.91 Å². The van der Waals surface area contributed by atoms with E-state index in [4.69, 9.17) is 19.7 Å². The maximum absolute atomic E-state index is 10.9. The molecular weight excluding hydrogens is 334 g/mol. The summed E-state index contributed by atoms with van der Waals surface area (Å²) < 4.78 is 16.3. The molecule has 2 N–H and O–H groups in total. The molecule has 2 aromatic rings. The Morgan fingerprint density at radius 2 is 2.19 bits per heavy atom. The molecule has 1 atom stereocenters. The number of likely N-dealkylation sites (tertiary alicyclic amines) is 1. The standard InChI is InChI=1S/C19H25N3O4/c1-3-24-18-10-14(6-7-17(18)25-12-19(20)23)11-22-8-4-5-16(22)15-9-13(2)26-21-15/h6-7,9-10,16H,3-5,8,11-12H2,1-2H3,(H2,20,23)/t16-/m0/s1. The number of hydrogen-bond donors (Lipinski definition) is 1. The number of aryl methyl sites for hydroxylation is 1. The van der Waals surface area contributed by atoms with E-state index < -0.39 is 5.91 Å². The Labute approximate surface area is 153 Å². The van der Waals surface area contributed by atoms with Crippen LogP contribution in [-0.4, -0.2) is 35.7 Å². The Morgan fingerprint density at radius 1 is 1.35 bits per heavy atom. The molecule has 2 heterocycles. The van der Waals surface area contributed by atoms with E-state index in [9.17, 15) is 4.79 Å². The monoisotopic (exact) mass is 359 g/mol. The van der Waals surface area contributed by atoms with E-state index >= 15 is 0 Å². The van der Waals surface area contributed by atoms with Gasteiger partial charge in [0.15, 0.2) is 18.1 Å². The molecule has 0 spiro atoms. The zero-order valence-corrected chi connectivity index (χ0v) is 15.2. The van der Waals surface area contributed by atoms with Crippen molar-refractivity contribution in [3.8, 4) is 11.5 Å². The van der Waals surface area contributed by atoms with Crippen molar-refractivity contribution >= 4 is 5.91 Å². The zero-order chi connectivity index (χ0) is 18.5. The average Bonchev–Trinajstić information content (AvgIpc) is 3.23. The molecule has 1 fully saturated rings. The second kappa shape index (κ2) is 8.23. The van der Waals surface area contributed by atoms with Gasteiger partial charge in [-0.1, -0.05) is 11.2 Å². The van der Waals surface area contributed by atoms with Crippen molar-refractivity contribution in [2.75, 3.05) is 19.8 Å².